The number of anilines is 2. The Morgan fingerprint density at radius 1 is 0.778 bits per heavy atom. The van der Waals surface area contributed by atoms with Crippen LogP contribution in [0.5, 0.6) is 0 Å². The maximum absolute atomic E-state index is 5.12. The molecule has 1 saturated heterocycles. The quantitative estimate of drug-likeness (QED) is 0.212. The lowest BCUT2D eigenvalue weighted by atomic mass is 9.63. The van der Waals surface area contributed by atoms with Crippen molar-refractivity contribution in [2.24, 2.45) is 27.1 Å². The summed E-state index contributed by atoms with van der Waals surface area (Å²) in [6, 6.07) is 1.01. The minimum absolute atomic E-state index is 0.116. The summed E-state index contributed by atoms with van der Waals surface area (Å²) in [4.78, 5) is 20.1. The Labute approximate surface area is 278 Å². The number of hydrogen-bond acceptors (Lipinski definition) is 7. The zero-order valence-electron chi connectivity index (χ0n) is 32.4. The Morgan fingerprint density at radius 3 is 1.84 bits per heavy atom. The van der Waals surface area contributed by atoms with Crippen molar-refractivity contribution in [2.45, 2.75) is 166 Å². The second-order valence-electron chi connectivity index (χ2n) is 19.9. The van der Waals surface area contributed by atoms with E-state index in [1.165, 1.54) is 38.5 Å². The van der Waals surface area contributed by atoms with Gasteiger partial charge in [0, 0.05) is 37.3 Å². The van der Waals surface area contributed by atoms with E-state index in [0.29, 0.717) is 28.9 Å². The number of aryl methyl sites for hydroxylation is 1. The smallest absolute Gasteiger partial charge is 0.230 e. The van der Waals surface area contributed by atoms with Crippen LogP contribution in [0.4, 0.5) is 11.9 Å². The van der Waals surface area contributed by atoms with Gasteiger partial charge < -0.3 is 20.4 Å². The van der Waals surface area contributed by atoms with Gasteiger partial charge in [0.1, 0.15) is 5.82 Å². The summed E-state index contributed by atoms with van der Waals surface area (Å²) < 4.78 is 0. The van der Waals surface area contributed by atoms with Gasteiger partial charge in [-0.15, -0.1) is 0 Å². The van der Waals surface area contributed by atoms with Gasteiger partial charge in [0.05, 0.1) is 0 Å². The number of unbranched alkanes of at least 4 members (excludes halogenated alkanes) is 3. The standard InChI is InChI=1S/C38H73N7/c1-28-40-31(43-38(13,14)24-33(2,3)4)42-32(41-28)45(29-22-34(5,6)25-35(7,8)23-29)21-19-17-16-18-20-44(15)30-36(9,10)26-39-27-37(30,11)12/h29-30,39H,16-27H2,1-15H3,(H,40,41,42,43). The summed E-state index contributed by atoms with van der Waals surface area (Å²) in [6.45, 7) is 37.3. The van der Waals surface area contributed by atoms with Gasteiger partial charge in [-0.1, -0.05) is 89.0 Å². The van der Waals surface area contributed by atoms with Crippen LogP contribution < -0.4 is 15.5 Å². The van der Waals surface area contributed by atoms with Crippen LogP contribution in [0, 0.1) is 34.0 Å². The third-order valence-corrected chi connectivity index (χ3v) is 10.1. The molecule has 1 aliphatic heterocycles. The molecule has 7 nitrogen and oxygen atoms in total. The SMILES string of the molecule is Cc1nc(NC(C)(C)CC(C)(C)C)nc(N(CCCCCCN(C)C2C(C)(C)CNCC2(C)C)C2CC(C)(C)CC(C)(C)C2)n1. The lowest BCUT2D eigenvalue weighted by Gasteiger charge is -2.53. The largest absolute Gasteiger partial charge is 0.349 e. The van der Waals surface area contributed by atoms with Crippen molar-refractivity contribution in [2.75, 3.05) is 43.4 Å². The molecule has 45 heavy (non-hydrogen) atoms. The molecule has 3 rings (SSSR count). The Morgan fingerprint density at radius 2 is 1.31 bits per heavy atom. The molecule has 2 N–H and O–H groups in total. The molecule has 1 aliphatic carbocycles. The van der Waals surface area contributed by atoms with Crippen LogP contribution in [0.15, 0.2) is 0 Å². The normalized spacial score (nSPS) is 22.0. The molecule has 0 spiro atoms. The topological polar surface area (TPSA) is 69.2 Å². The Hall–Kier alpha value is -1.47. The molecule has 0 radical (unpaired) electrons. The Balaban J connectivity index is 1.71. The molecule has 1 saturated carbocycles. The summed E-state index contributed by atoms with van der Waals surface area (Å²) >= 11 is 0. The van der Waals surface area contributed by atoms with Gasteiger partial charge >= 0.3 is 0 Å². The molecule has 1 aromatic heterocycles. The first-order valence-corrected chi connectivity index (χ1v) is 18.1. The first-order valence-electron chi connectivity index (χ1n) is 18.1. The number of piperidine rings is 1. The Kier molecular flexibility index (Phi) is 11.8. The third kappa shape index (κ3) is 11.3. The molecule has 2 fully saturated rings. The van der Waals surface area contributed by atoms with Gasteiger partial charge in [-0.3, -0.25) is 0 Å². The van der Waals surface area contributed by atoms with E-state index in [2.05, 4.69) is 117 Å². The fourth-order valence-electron chi connectivity index (χ4n) is 10.1. The van der Waals surface area contributed by atoms with Crippen LogP contribution in [-0.2, 0) is 0 Å². The lowest BCUT2D eigenvalue weighted by Crippen LogP contribution is -2.62. The zero-order chi connectivity index (χ0) is 34.1. The van der Waals surface area contributed by atoms with Gasteiger partial charge in [0.25, 0.3) is 0 Å². The van der Waals surface area contributed by atoms with E-state index in [9.17, 15) is 0 Å². The monoisotopic (exact) mass is 628 g/mol. The summed E-state index contributed by atoms with van der Waals surface area (Å²) in [5.41, 5.74) is 1.23. The number of nitrogens with zero attached hydrogens (tertiary/aromatic N) is 5. The van der Waals surface area contributed by atoms with Gasteiger partial charge in [0.2, 0.25) is 11.9 Å². The summed E-state index contributed by atoms with van der Waals surface area (Å²) in [6.07, 6.45) is 9.53. The minimum Gasteiger partial charge on any atom is -0.349 e. The van der Waals surface area contributed by atoms with E-state index in [0.717, 1.165) is 50.8 Å². The lowest BCUT2D eigenvalue weighted by molar-refractivity contribution is -0.0131. The van der Waals surface area contributed by atoms with E-state index >= 15 is 0 Å². The fourth-order valence-corrected chi connectivity index (χ4v) is 10.1. The summed E-state index contributed by atoms with van der Waals surface area (Å²) in [5, 5.41) is 7.35. The molecule has 0 unspecified atom stereocenters. The van der Waals surface area contributed by atoms with Crippen LogP contribution in [-0.4, -0.2) is 70.7 Å². The van der Waals surface area contributed by atoms with Crippen LogP contribution in [0.1, 0.15) is 147 Å². The average molecular weight is 628 g/mol. The highest BCUT2D eigenvalue weighted by molar-refractivity contribution is 5.40. The minimum atomic E-state index is -0.116. The molecule has 0 aromatic carbocycles. The van der Waals surface area contributed by atoms with Crippen LogP contribution in [0.25, 0.3) is 0 Å². The first-order chi connectivity index (χ1) is 20.4. The summed E-state index contributed by atoms with van der Waals surface area (Å²) in [7, 11) is 2.35. The van der Waals surface area contributed by atoms with Crippen LogP contribution in [0.3, 0.4) is 0 Å². The Bertz CT molecular complexity index is 1070. The van der Waals surface area contributed by atoms with Crippen LogP contribution in [0.2, 0.25) is 0 Å². The van der Waals surface area contributed by atoms with Crippen molar-refractivity contribution in [3.63, 3.8) is 0 Å². The molecule has 7 heteroatoms. The second kappa shape index (κ2) is 13.9. The van der Waals surface area contributed by atoms with E-state index in [-0.39, 0.29) is 21.8 Å². The number of aromatic nitrogens is 3. The predicted molar refractivity (Wildman–Crippen MR) is 194 cm³/mol. The molecule has 0 atom stereocenters. The van der Waals surface area contributed by atoms with Gasteiger partial charge in [0.15, 0.2) is 0 Å². The van der Waals surface area contributed by atoms with Gasteiger partial charge in [-0.05, 0) is 100.0 Å². The van der Waals surface area contributed by atoms with E-state index in [1.54, 1.807) is 0 Å². The zero-order valence-corrected chi connectivity index (χ0v) is 32.4. The molecule has 260 valence electrons. The molecule has 0 bridgehead atoms. The first kappa shape index (κ1) is 38.0. The highest BCUT2D eigenvalue weighted by atomic mass is 15.3. The maximum Gasteiger partial charge on any atom is 0.230 e. The molecule has 2 aliphatic rings. The molecule has 0 amide bonds. The van der Waals surface area contributed by atoms with E-state index < -0.39 is 0 Å². The highest BCUT2D eigenvalue weighted by Gasteiger charge is 2.46. The van der Waals surface area contributed by atoms with Crippen LogP contribution >= 0.6 is 0 Å². The van der Waals surface area contributed by atoms with Crippen molar-refractivity contribution in [1.82, 2.24) is 25.2 Å². The maximum atomic E-state index is 5.12. The third-order valence-electron chi connectivity index (χ3n) is 10.1. The molecular formula is C38H73N7. The van der Waals surface area contributed by atoms with Crippen molar-refractivity contribution < 1.29 is 0 Å². The van der Waals surface area contributed by atoms with E-state index in [4.69, 9.17) is 15.0 Å². The number of hydrogen-bond donors (Lipinski definition) is 2. The van der Waals surface area contributed by atoms with Crippen molar-refractivity contribution in [3.8, 4) is 0 Å². The summed E-state index contributed by atoms with van der Waals surface area (Å²) in [5.74, 6) is 2.35. The second-order valence-corrected chi connectivity index (χ2v) is 19.9. The van der Waals surface area contributed by atoms with Crippen molar-refractivity contribution in [1.29, 1.82) is 0 Å². The fraction of sp³-hybridized carbons (Fsp3) is 0.921. The predicted octanol–water partition coefficient (Wildman–Crippen LogP) is 8.73. The average Bonchev–Trinajstić information content (AvgIpc) is 2.77. The van der Waals surface area contributed by atoms with E-state index in [1.807, 2.05) is 6.92 Å². The van der Waals surface area contributed by atoms with Gasteiger partial charge in [-0.25, -0.2) is 0 Å². The van der Waals surface area contributed by atoms with Crippen molar-refractivity contribution >= 4 is 11.9 Å². The van der Waals surface area contributed by atoms with Crippen molar-refractivity contribution in [3.05, 3.63) is 5.82 Å². The molecule has 1 aromatic rings. The van der Waals surface area contributed by atoms with Gasteiger partial charge in [-0.2, -0.15) is 15.0 Å². The molecular weight excluding hydrogens is 554 g/mol. The number of nitrogens with one attached hydrogen (secondary N) is 2. The highest BCUT2D eigenvalue weighted by Crippen LogP contribution is 2.48. The number of rotatable bonds is 13. The molecule has 2 heterocycles.